The highest BCUT2D eigenvalue weighted by Crippen LogP contribution is 2.21. The largest absolute Gasteiger partial charge is 0.444 e. The monoisotopic (exact) mass is 317 g/mol. The maximum Gasteiger partial charge on any atom is 0.407 e. The van der Waals surface area contributed by atoms with Gasteiger partial charge in [-0.05, 0) is 63.6 Å². The van der Waals surface area contributed by atoms with Crippen LogP contribution in [0.25, 0.3) is 6.08 Å². The first kappa shape index (κ1) is 19.3. The van der Waals surface area contributed by atoms with Gasteiger partial charge in [-0.1, -0.05) is 43.7 Å². The molecule has 0 aliphatic heterocycles. The van der Waals surface area contributed by atoms with Crippen molar-refractivity contribution in [3.63, 3.8) is 0 Å². The fraction of sp³-hybridized carbons (Fsp3) is 0.550. The maximum atomic E-state index is 11.6. The standard InChI is InChI=1S/C20H31NO2/c1-7-16-13-15(3)14-17(8-2)18(16)11-9-10-12-21-19(22)23-20(4,5)6/h9,11,13-14H,7-8,10,12H2,1-6H3,(H,21,22). The van der Waals surface area contributed by atoms with E-state index in [0.29, 0.717) is 6.54 Å². The van der Waals surface area contributed by atoms with Crippen LogP contribution < -0.4 is 5.32 Å². The summed E-state index contributed by atoms with van der Waals surface area (Å²) in [5.41, 5.74) is 4.98. The number of nitrogens with one attached hydrogen (secondary N) is 1. The van der Waals surface area contributed by atoms with E-state index in [2.05, 4.69) is 50.4 Å². The highest BCUT2D eigenvalue weighted by molar-refractivity contribution is 5.67. The lowest BCUT2D eigenvalue weighted by Crippen LogP contribution is -2.32. The van der Waals surface area contributed by atoms with Crippen LogP contribution in [0.5, 0.6) is 0 Å². The van der Waals surface area contributed by atoms with Gasteiger partial charge in [0.2, 0.25) is 0 Å². The number of hydrogen-bond acceptors (Lipinski definition) is 2. The Labute approximate surface area is 141 Å². The van der Waals surface area contributed by atoms with Gasteiger partial charge in [0.1, 0.15) is 5.60 Å². The third-order valence-corrected chi connectivity index (χ3v) is 3.52. The Kier molecular flexibility index (Phi) is 7.34. The normalized spacial score (nSPS) is 11.7. The number of benzene rings is 1. The van der Waals surface area contributed by atoms with Crippen LogP contribution in [0.2, 0.25) is 0 Å². The molecule has 0 spiro atoms. The molecule has 1 rings (SSSR count). The summed E-state index contributed by atoms with van der Waals surface area (Å²) < 4.78 is 5.21. The lowest BCUT2D eigenvalue weighted by atomic mass is 9.94. The van der Waals surface area contributed by atoms with Crippen molar-refractivity contribution in [2.24, 2.45) is 0 Å². The van der Waals surface area contributed by atoms with Crippen LogP contribution in [0.15, 0.2) is 18.2 Å². The lowest BCUT2D eigenvalue weighted by molar-refractivity contribution is 0.0529. The van der Waals surface area contributed by atoms with Gasteiger partial charge in [0.05, 0.1) is 0 Å². The Balaban J connectivity index is 2.60. The summed E-state index contributed by atoms with van der Waals surface area (Å²) in [6.45, 7) is 12.7. The molecule has 0 radical (unpaired) electrons. The number of ether oxygens (including phenoxy) is 1. The Hall–Kier alpha value is -1.77. The number of alkyl carbamates (subject to hydrolysis) is 1. The first-order chi connectivity index (χ1) is 10.8. The molecule has 1 amide bonds. The second kappa shape index (κ2) is 8.76. The van der Waals surface area contributed by atoms with Crippen LogP contribution in [-0.2, 0) is 17.6 Å². The van der Waals surface area contributed by atoms with E-state index in [-0.39, 0.29) is 6.09 Å². The van der Waals surface area contributed by atoms with Crippen LogP contribution in [0, 0.1) is 6.92 Å². The summed E-state index contributed by atoms with van der Waals surface area (Å²) in [4.78, 5) is 11.6. The van der Waals surface area contributed by atoms with Gasteiger partial charge in [0.25, 0.3) is 0 Å². The van der Waals surface area contributed by atoms with Crippen LogP contribution in [0.1, 0.15) is 63.3 Å². The molecule has 1 aromatic carbocycles. The van der Waals surface area contributed by atoms with Crippen molar-refractivity contribution in [3.8, 4) is 0 Å². The fourth-order valence-corrected chi connectivity index (χ4v) is 2.53. The number of aryl methyl sites for hydroxylation is 3. The van der Waals surface area contributed by atoms with Crippen LogP contribution >= 0.6 is 0 Å². The predicted molar refractivity (Wildman–Crippen MR) is 97.8 cm³/mol. The van der Waals surface area contributed by atoms with Gasteiger partial charge in [-0.2, -0.15) is 0 Å². The van der Waals surface area contributed by atoms with Crippen LogP contribution in [-0.4, -0.2) is 18.2 Å². The zero-order chi connectivity index (χ0) is 17.5. The molecule has 3 nitrogen and oxygen atoms in total. The van der Waals surface area contributed by atoms with Gasteiger partial charge < -0.3 is 10.1 Å². The average molecular weight is 317 g/mol. The van der Waals surface area contributed by atoms with Crippen LogP contribution in [0.3, 0.4) is 0 Å². The van der Waals surface area contributed by atoms with E-state index in [9.17, 15) is 4.79 Å². The molecule has 128 valence electrons. The number of carbonyl (C=O) groups excluding carboxylic acids is 1. The second-order valence-corrected chi connectivity index (χ2v) is 6.82. The van der Waals surface area contributed by atoms with Gasteiger partial charge in [0.15, 0.2) is 0 Å². The summed E-state index contributed by atoms with van der Waals surface area (Å²) in [6, 6.07) is 4.52. The van der Waals surface area contributed by atoms with Crippen LogP contribution in [0.4, 0.5) is 4.79 Å². The summed E-state index contributed by atoms with van der Waals surface area (Å²) in [7, 11) is 0. The minimum absolute atomic E-state index is 0.357. The van der Waals surface area contributed by atoms with E-state index in [1.165, 1.54) is 22.3 Å². The average Bonchev–Trinajstić information content (AvgIpc) is 2.45. The van der Waals surface area contributed by atoms with Crippen molar-refractivity contribution >= 4 is 12.2 Å². The predicted octanol–water partition coefficient (Wildman–Crippen LogP) is 5.05. The van der Waals surface area contributed by atoms with E-state index >= 15 is 0 Å². The number of hydrogen-bond donors (Lipinski definition) is 1. The van der Waals surface area contributed by atoms with E-state index in [1.54, 1.807) is 0 Å². The van der Waals surface area contributed by atoms with Gasteiger partial charge in [-0.15, -0.1) is 0 Å². The Morgan fingerprint density at radius 1 is 1.17 bits per heavy atom. The molecule has 1 aromatic rings. The molecule has 0 unspecified atom stereocenters. The quantitative estimate of drug-likeness (QED) is 0.746. The molecule has 0 aliphatic rings. The smallest absolute Gasteiger partial charge is 0.407 e. The van der Waals surface area contributed by atoms with Crippen molar-refractivity contribution in [1.29, 1.82) is 0 Å². The molecule has 0 heterocycles. The highest BCUT2D eigenvalue weighted by atomic mass is 16.6. The lowest BCUT2D eigenvalue weighted by Gasteiger charge is -2.19. The van der Waals surface area contributed by atoms with Gasteiger partial charge in [0, 0.05) is 6.54 Å². The molecule has 0 fully saturated rings. The van der Waals surface area contributed by atoms with E-state index in [4.69, 9.17) is 4.74 Å². The summed E-state index contributed by atoms with van der Waals surface area (Å²) in [5, 5.41) is 2.78. The zero-order valence-corrected chi connectivity index (χ0v) is 15.5. The fourth-order valence-electron chi connectivity index (χ4n) is 2.53. The van der Waals surface area contributed by atoms with E-state index < -0.39 is 5.60 Å². The molecule has 0 atom stereocenters. The number of rotatable bonds is 6. The summed E-state index contributed by atoms with van der Waals surface area (Å²) >= 11 is 0. The highest BCUT2D eigenvalue weighted by Gasteiger charge is 2.15. The number of amides is 1. The second-order valence-electron chi connectivity index (χ2n) is 6.82. The van der Waals surface area contributed by atoms with Crippen molar-refractivity contribution in [2.45, 2.75) is 66.4 Å². The maximum absolute atomic E-state index is 11.6. The van der Waals surface area contributed by atoms with Crippen molar-refractivity contribution in [2.75, 3.05) is 6.54 Å². The van der Waals surface area contributed by atoms with Crippen molar-refractivity contribution in [1.82, 2.24) is 5.32 Å². The van der Waals surface area contributed by atoms with Crippen molar-refractivity contribution in [3.05, 3.63) is 40.5 Å². The topological polar surface area (TPSA) is 38.3 Å². The molecule has 1 N–H and O–H groups in total. The SMILES string of the molecule is CCc1cc(C)cc(CC)c1C=CCCNC(=O)OC(C)(C)C. The first-order valence-corrected chi connectivity index (χ1v) is 8.52. The third-order valence-electron chi connectivity index (χ3n) is 3.52. The Morgan fingerprint density at radius 2 is 1.74 bits per heavy atom. The van der Waals surface area contributed by atoms with E-state index in [1.807, 2.05) is 20.8 Å². The zero-order valence-electron chi connectivity index (χ0n) is 15.5. The summed E-state index contributed by atoms with van der Waals surface area (Å²) in [5.74, 6) is 0. The molecule has 0 aromatic heterocycles. The van der Waals surface area contributed by atoms with Gasteiger partial charge in [-0.3, -0.25) is 0 Å². The molecular formula is C20H31NO2. The molecule has 23 heavy (non-hydrogen) atoms. The van der Waals surface area contributed by atoms with Crippen molar-refractivity contribution < 1.29 is 9.53 Å². The molecule has 3 heteroatoms. The van der Waals surface area contributed by atoms with Gasteiger partial charge in [-0.25, -0.2) is 4.79 Å². The molecule has 0 saturated carbocycles. The Bertz CT molecular complexity index is 528. The minimum Gasteiger partial charge on any atom is -0.444 e. The Morgan fingerprint density at radius 3 is 2.22 bits per heavy atom. The summed E-state index contributed by atoms with van der Waals surface area (Å²) in [6.07, 6.45) is 6.81. The third kappa shape index (κ3) is 6.89. The van der Waals surface area contributed by atoms with Gasteiger partial charge >= 0.3 is 6.09 Å². The molecule has 0 saturated heterocycles. The minimum atomic E-state index is -0.451. The number of carbonyl (C=O) groups is 1. The first-order valence-electron chi connectivity index (χ1n) is 8.52. The molecule has 0 aliphatic carbocycles. The molecule has 0 bridgehead atoms. The van der Waals surface area contributed by atoms with E-state index in [0.717, 1.165) is 19.3 Å². The molecular weight excluding hydrogens is 286 g/mol.